The summed E-state index contributed by atoms with van der Waals surface area (Å²) >= 11 is 1.52. The number of rotatable bonds is 6. The monoisotopic (exact) mass is 455 g/mol. The van der Waals surface area contributed by atoms with Crippen LogP contribution in [0.25, 0.3) is 28.0 Å². The highest BCUT2D eigenvalue weighted by atomic mass is 32.2. The Hall–Kier alpha value is -3.84. The van der Waals surface area contributed by atoms with E-state index in [1.165, 1.54) is 11.8 Å². The number of para-hydroxylation sites is 2. The maximum atomic E-state index is 12.2. The fourth-order valence-corrected chi connectivity index (χ4v) is 4.72. The molecule has 0 bridgehead atoms. The normalized spacial score (nSPS) is 11.1. The van der Waals surface area contributed by atoms with E-state index in [4.69, 9.17) is 9.15 Å². The third-order valence-corrected chi connectivity index (χ3v) is 6.32. The molecule has 3 aromatic carbocycles. The Bertz CT molecular complexity index is 1490. The van der Waals surface area contributed by atoms with E-state index in [9.17, 15) is 4.79 Å². The minimum atomic E-state index is -0.358. The second-order valence-electron chi connectivity index (χ2n) is 7.56. The zero-order chi connectivity index (χ0) is 22.8. The lowest BCUT2D eigenvalue weighted by atomic mass is 10.1. The van der Waals surface area contributed by atoms with Gasteiger partial charge < -0.3 is 9.15 Å². The highest BCUT2D eigenvalue weighted by molar-refractivity contribution is 7.98. The topological polar surface area (TPSA) is 70.2 Å². The second-order valence-corrected chi connectivity index (χ2v) is 8.50. The predicted molar refractivity (Wildman–Crippen MR) is 130 cm³/mol. The van der Waals surface area contributed by atoms with Gasteiger partial charge in [0.05, 0.1) is 12.7 Å². The van der Waals surface area contributed by atoms with Gasteiger partial charge in [0.15, 0.2) is 11.0 Å². The van der Waals surface area contributed by atoms with Gasteiger partial charge in [-0.2, -0.15) is 0 Å². The average Bonchev–Trinajstić information content (AvgIpc) is 3.26. The minimum Gasteiger partial charge on any atom is -0.496 e. The van der Waals surface area contributed by atoms with Gasteiger partial charge in [-0.1, -0.05) is 54.2 Å². The molecule has 33 heavy (non-hydrogen) atoms. The van der Waals surface area contributed by atoms with E-state index in [0.29, 0.717) is 17.2 Å². The molecule has 0 aliphatic rings. The first-order chi connectivity index (χ1) is 16.1. The largest absolute Gasteiger partial charge is 0.496 e. The molecule has 0 aliphatic carbocycles. The zero-order valence-corrected chi connectivity index (χ0v) is 19.0. The smallest absolute Gasteiger partial charge is 0.336 e. The van der Waals surface area contributed by atoms with Gasteiger partial charge in [0.1, 0.15) is 11.3 Å². The fraction of sp³-hybridized carbons (Fsp3) is 0.115. The Morgan fingerprint density at radius 1 is 0.970 bits per heavy atom. The second kappa shape index (κ2) is 8.96. The van der Waals surface area contributed by atoms with Crippen LogP contribution in [0, 0.1) is 6.92 Å². The first kappa shape index (κ1) is 21.0. The standard InChI is InChI=1S/C26H21N3O3S/c1-17-12-13-20-18(15-24(30)32-23(20)14-17)16-33-26-28-27-25(21-10-6-7-11-22(21)31-2)29(26)19-8-4-3-5-9-19/h3-15H,16H2,1-2H3. The van der Waals surface area contributed by atoms with Gasteiger partial charge in [-0.15, -0.1) is 10.2 Å². The number of thioether (sulfide) groups is 1. The van der Waals surface area contributed by atoms with E-state index in [-0.39, 0.29) is 5.63 Å². The lowest BCUT2D eigenvalue weighted by molar-refractivity contribution is 0.416. The number of ether oxygens (including phenoxy) is 1. The van der Waals surface area contributed by atoms with Crippen LogP contribution in [0.4, 0.5) is 0 Å². The van der Waals surface area contributed by atoms with Crippen molar-refractivity contribution >= 4 is 22.7 Å². The first-order valence-electron chi connectivity index (χ1n) is 10.4. The maximum absolute atomic E-state index is 12.2. The molecule has 164 valence electrons. The molecule has 0 radical (unpaired) electrons. The zero-order valence-electron chi connectivity index (χ0n) is 18.2. The molecule has 0 N–H and O–H groups in total. The molecular weight excluding hydrogens is 434 g/mol. The molecule has 0 unspecified atom stereocenters. The van der Waals surface area contributed by atoms with E-state index in [0.717, 1.165) is 38.7 Å². The number of fused-ring (bicyclic) bond motifs is 1. The van der Waals surface area contributed by atoms with E-state index in [2.05, 4.69) is 10.2 Å². The maximum Gasteiger partial charge on any atom is 0.336 e. The summed E-state index contributed by atoms with van der Waals surface area (Å²) in [5.74, 6) is 1.96. The quantitative estimate of drug-likeness (QED) is 0.243. The summed E-state index contributed by atoms with van der Waals surface area (Å²) in [7, 11) is 1.64. The molecule has 0 fully saturated rings. The van der Waals surface area contributed by atoms with E-state index in [1.807, 2.05) is 84.3 Å². The van der Waals surface area contributed by atoms with Crippen molar-refractivity contribution in [1.29, 1.82) is 0 Å². The van der Waals surface area contributed by atoms with Crippen LogP contribution in [0.2, 0.25) is 0 Å². The molecule has 7 heteroatoms. The van der Waals surface area contributed by atoms with Crippen LogP contribution in [-0.4, -0.2) is 21.9 Å². The molecule has 0 amide bonds. The van der Waals surface area contributed by atoms with Gasteiger partial charge in [0.2, 0.25) is 0 Å². The highest BCUT2D eigenvalue weighted by Gasteiger charge is 2.19. The van der Waals surface area contributed by atoms with Gasteiger partial charge in [-0.05, 0) is 48.4 Å². The summed E-state index contributed by atoms with van der Waals surface area (Å²) in [5, 5.41) is 10.6. The Labute approximate surface area is 194 Å². The van der Waals surface area contributed by atoms with Crippen molar-refractivity contribution < 1.29 is 9.15 Å². The summed E-state index contributed by atoms with van der Waals surface area (Å²) < 4.78 is 13.0. The van der Waals surface area contributed by atoms with Gasteiger partial charge in [-0.3, -0.25) is 4.57 Å². The number of methoxy groups -OCH3 is 1. The average molecular weight is 456 g/mol. The molecule has 0 saturated heterocycles. The molecule has 2 heterocycles. The Kier molecular flexibility index (Phi) is 5.71. The summed E-state index contributed by atoms with van der Waals surface area (Å²) in [6, 6.07) is 25.2. The number of aryl methyl sites for hydroxylation is 1. The van der Waals surface area contributed by atoms with Crippen LogP contribution in [0.15, 0.2) is 93.2 Å². The molecule has 5 aromatic rings. The van der Waals surface area contributed by atoms with Crippen molar-refractivity contribution in [3.63, 3.8) is 0 Å². The number of benzene rings is 3. The van der Waals surface area contributed by atoms with Crippen molar-refractivity contribution in [1.82, 2.24) is 14.8 Å². The van der Waals surface area contributed by atoms with Crippen LogP contribution >= 0.6 is 11.8 Å². The summed E-state index contributed by atoms with van der Waals surface area (Å²) in [6.07, 6.45) is 0. The Morgan fingerprint density at radius 3 is 2.58 bits per heavy atom. The van der Waals surface area contributed by atoms with Crippen molar-refractivity contribution in [2.45, 2.75) is 17.8 Å². The number of hydrogen-bond donors (Lipinski definition) is 0. The summed E-state index contributed by atoms with van der Waals surface area (Å²) in [5.41, 5.74) is 3.97. The van der Waals surface area contributed by atoms with E-state index >= 15 is 0 Å². The lowest BCUT2D eigenvalue weighted by Gasteiger charge is -2.12. The van der Waals surface area contributed by atoms with Crippen LogP contribution in [0.5, 0.6) is 5.75 Å². The van der Waals surface area contributed by atoms with E-state index in [1.54, 1.807) is 13.2 Å². The molecule has 2 aromatic heterocycles. The summed E-state index contributed by atoms with van der Waals surface area (Å²) in [4.78, 5) is 12.2. The van der Waals surface area contributed by atoms with Crippen LogP contribution in [-0.2, 0) is 5.75 Å². The molecule has 0 saturated carbocycles. The molecular formula is C26H21N3O3S. The molecule has 0 aliphatic heterocycles. The van der Waals surface area contributed by atoms with Gasteiger partial charge in [0, 0.05) is 22.9 Å². The van der Waals surface area contributed by atoms with Crippen molar-refractivity contribution in [2.24, 2.45) is 0 Å². The Morgan fingerprint density at radius 2 is 1.76 bits per heavy atom. The van der Waals surface area contributed by atoms with Crippen LogP contribution in [0.1, 0.15) is 11.1 Å². The fourth-order valence-electron chi connectivity index (χ4n) is 3.78. The molecule has 0 spiro atoms. The van der Waals surface area contributed by atoms with Crippen molar-refractivity contribution in [3.8, 4) is 22.8 Å². The van der Waals surface area contributed by atoms with Gasteiger partial charge in [0.25, 0.3) is 0 Å². The van der Waals surface area contributed by atoms with E-state index < -0.39 is 0 Å². The van der Waals surface area contributed by atoms with Crippen molar-refractivity contribution in [2.75, 3.05) is 7.11 Å². The lowest BCUT2D eigenvalue weighted by Crippen LogP contribution is -2.02. The minimum absolute atomic E-state index is 0.358. The van der Waals surface area contributed by atoms with Crippen LogP contribution < -0.4 is 10.4 Å². The molecule has 6 nitrogen and oxygen atoms in total. The molecule has 5 rings (SSSR count). The first-order valence-corrected chi connectivity index (χ1v) is 11.4. The SMILES string of the molecule is COc1ccccc1-c1nnc(SCc2cc(=O)oc3cc(C)ccc23)n1-c1ccccc1. The third-order valence-electron chi connectivity index (χ3n) is 5.34. The molecule has 0 atom stereocenters. The number of nitrogens with zero attached hydrogens (tertiary/aromatic N) is 3. The van der Waals surface area contributed by atoms with Gasteiger partial charge >= 0.3 is 5.63 Å². The highest BCUT2D eigenvalue weighted by Crippen LogP contribution is 2.34. The number of hydrogen-bond acceptors (Lipinski definition) is 6. The Balaban J connectivity index is 1.58. The predicted octanol–water partition coefficient (Wildman–Crippen LogP) is 5.65. The summed E-state index contributed by atoms with van der Waals surface area (Å²) in [6.45, 7) is 1.97. The third kappa shape index (κ3) is 4.15. The van der Waals surface area contributed by atoms with Crippen molar-refractivity contribution in [3.05, 3.63) is 100 Å². The van der Waals surface area contributed by atoms with Crippen LogP contribution in [0.3, 0.4) is 0 Å². The van der Waals surface area contributed by atoms with Gasteiger partial charge in [-0.25, -0.2) is 4.79 Å². The number of aromatic nitrogens is 3.